The Bertz CT molecular complexity index is 707. The van der Waals surface area contributed by atoms with Gasteiger partial charge in [0.15, 0.2) is 0 Å². The van der Waals surface area contributed by atoms with E-state index in [0.29, 0.717) is 17.8 Å². The molecule has 5 nitrogen and oxygen atoms in total. The van der Waals surface area contributed by atoms with Crippen LogP contribution in [0.4, 0.5) is 5.69 Å². The van der Waals surface area contributed by atoms with Gasteiger partial charge in [-0.05, 0) is 38.0 Å². The van der Waals surface area contributed by atoms with Gasteiger partial charge >= 0.3 is 0 Å². The summed E-state index contributed by atoms with van der Waals surface area (Å²) in [5.41, 5.74) is 1.20. The van der Waals surface area contributed by atoms with Gasteiger partial charge in [-0.25, -0.2) is 4.98 Å². The van der Waals surface area contributed by atoms with Crippen molar-refractivity contribution in [1.29, 1.82) is 0 Å². The van der Waals surface area contributed by atoms with E-state index in [1.165, 1.54) is 0 Å². The normalized spacial score (nSPS) is 13.7. The van der Waals surface area contributed by atoms with Gasteiger partial charge in [-0.1, -0.05) is 6.07 Å². The number of aryl methyl sites for hydroxylation is 1. The molecule has 3 rings (SSSR count). The lowest BCUT2D eigenvalue weighted by atomic mass is 10.2. The van der Waals surface area contributed by atoms with E-state index in [2.05, 4.69) is 15.6 Å². The highest BCUT2D eigenvalue weighted by Gasteiger charge is 2.29. The largest absolute Gasteiger partial charge is 0.347 e. The quantitative estimate of drug-likeness (QED) is 0.891. The van der Waals surface area contributed by atoms with Crippen molar-refractivity contribution >= 4 is 28.8 Å². The summed E-state index contributed by atoms with van der Waals surface area (Å²) in [4.78, 5) is 29.1. The molecule has 2 aromatic rings. The summed E-state index contributed by atoms with van der Waals surface area (Å²) < 4.78 is 0. The molecular formula is C16H17N3O2S. The van der Waals surface area contributed by atoms with Gasteiger partial charge in [0.2, 0.25) is 5.91 Å². The van der Waals surface area contributed by atoms with Gasteiger partial charge in [-0.15, -0.1) is 11.3 Å². The summed E-state index contributed by atoms with van der Waals surface area (Å²) in [6, 6.07) is 7.01. The molecule has 0 radical (unpaired) electrons. The third kappa shape index (κ3) is 3.71. The molecule has 0 unspecified atom stereocenters. The number of rotatable bonds is 5. The fourth-order valence-corrected chi connectivity index (χ4v) is 2.82. The number of nitrogens with zero attached hydrogens (tertiary/aromatic N) is 1. The maximum absolute atomic E-state index is 12.2. The number of nitrogens with one attached hydrogen (secondary N) is 2. The molecule has 0 saturated heterocycles. The fraction of sp³-hybridized carbons (Fsp3) is 0.312. The average Bonchev–Trinajstić information content (AvgIpc) is 3.28. The molecule has 1 aromatic carbocycles. The number of carbonyl (C=O) groups is 2. The van der Waals surface area contributed by atoms with Gasteiger partial charge in [-0.3, -0.25) is 9.59 Å². The lowest BCUT2D eigenvalue weighted by molar-refractivity contribution is -0.117. The van der Waals surface area contributed by atoms with Crippen LogP contribution in [-0.2, 0) is 11.3 Å². The Hall–Kier alpha value is -2.21. The zero-order valence-corrected chi connectivity index (χ0v) is 13.1. The molecule has 1 aliphatic rings. The molecule has 2 N–H and O–H groups in total. The number of anilines is 1. The lowest BCUT2D eigenvalue weighted by Crippen LogP contribution is -2.22. The number of benzene rings is 1. The third-order valence-corrected chi connectivity index (χ3v) is 4.35. The summed E-state index contributed by atoms with van der Waals surface area (Å²) in [5.74, 6) is 0.0262. The molecule has 1 saturated carbocycles. The zero-order valence-electron chi connectivity index (χ0n) is 12.3. The van der Waals surface area contributed by atoms with Crippen molar-refractivity contribution < 1.29 is 9.59 Å². The number of aromatic nitrogens is 1. The highest BCUT2D eigenvalue weighted by Crippen LogP contribution is 2.30. The van der Waals surface area contributed by atoms with Crippen LogP contribution in [0.3, 0.4) is 0 Å². The van der Waals surface area contributed by atoms with E-state index in [-0.39, 0.29) is 17.7 Å². The van der Waals surface area contributed by atoms with Crippen LogP contribution >= 0.6 is 11.3 Å². The van der Waals surface area contributed by atoms with E-state index < -0.39 is 0 Å². The minimum atomic E-state index is -0.159. The van der Waals surface area contributed by atoms with E-state index in [1.54, 1.807) is 41.8 Å². The Balaban J connectivity index is 1.60. The Kier molecular flexibility index (Phi) is 4.20. The first-order valence-electron chi connectivity index (χ1n) is 7.22. The Morgan fingerprint density at radius 1 is 1.36 bits per heavy atom. The number of hydrogen-bond donors (Lipinski definition) is 2. The number of hydrogen-bond acceptors (Lipinski definition) is 4. The summed E-state index contributed by atoms with van der Waals surface area (Å²) in [6.07, 6.45) is 3.69. The maximum Gasteiger partial charge on any atom is 0.251 e. The predicted molar refractivity (Wildman–Crippen MR) is 85.8 cm³/mol. The first-order chi connectivity index (χ1) is 10.6. The number of thiazole rings is 1. The van der Waals surface area contributed by atoms with Gasteiger partial charge in [-0.2, -0.15) is 0 Å². The fourth-order valence-electron chi connectivity index (χ4n) is 2.08. The molecule has 1 fully saturated rings. The van der Waals surface area contributed by atoms with E-state index in [9.17, 15) is 9.59 Å². The van der Waals surface area contributed by atoms with E-state index in [4.69, 9.17) is 0 Å². The zero-order chi connectivity index (χ0) is 15.5. The molecule has 22 heavy (non-hydrogen) atoms. The van der Waals surface area contributed by atoms with Crippen LogP contribution in [0.2, 0.25) is 0 Å². The summed E-state index contributed by atoms with van der Waals surface area (Å²) in [7, 11) is 0. The summed E-state index contributed by atoms with van der Waals surface area (Å²) in [6.45, 7) is 2.39. The van der Waals surface area contributed by atoms with Crippen LogP contribution in [0.1, 0.15) is 33.1 Å². The first kappa shape index (κ1) is 14.7. The van der Waals surface area contributed by atoms with Gasteiger partial charge in [0.05, 0.1) is 11.6 Å². The molecule has 2 amide bonds. The van der Waals surface area contributed by atoms with Crippen LogP contribution < -0.4 is 10.6 Å². The van der Waals surface area contributed by atoms with Crippen molar-refractivity contribution in [3.8, 4) is 0 Å². The molecule has 0 aliphatic heterocycles. The molecule has 1 aromatic heterocycles. The monoisotopic (exact) mass is 315 g/mol. The molecule has 1 heterocycles. The van der Waals surface area contributed by atoms with Crippen molar-refractivity contribution in [2.45, 2.75) is 26.3 Å². The molecule has 0 atom stereocenters. The van der Waals surface area contributed by atoms with Crippen LogP contribution in [0.25, 0.3) is 0 Å². The van der Waals surface area contributed by atoms with Crippen molar-refractivity contribution in [2.75, 3.05) is 5.32 Å². The van der Waals surface area contributed by atoms with E-state index >= 15 is 0 Å². The SMILES string of the molecule is Cc1ncc(CNC(=O)c2cccc(NC(=O)C3CC3)c2)s1. The van der Waals surface area contributed by atoms with Crippen LogP contribution in [0.15, 0.2) is 30.5 Å². The molecule has 0 spiro atoms. The Labute approximate surface area is 132 Å². The molecule has 1 aliphatic carbocycles. The van der Waals surface area contributed by atoms with Crippen LogP contribution in [0, 0.1) is 12.8 Å². The smallest absolute Gasteiger partial charge is 0.251 e. The van der Waals surface area contributed by atoms with Crippen molar-refractivity contribution in [3.05, 3.63) is 45.9 Å². The minimum absolute atomic E-state index is 0.0395. The molecule has 6 heteroatoms. The second-order valence-electron chi connectivity index (χ2n) is 5.37. The third-order valence-electron chi connectivity index (χ3n) is 3.43. The van der Waals surface area contributed by atoms with Crippen molar-refractivity contribution in [2.24, 2.45) is 5.92 Å². The van der Waals surface area contributed by atoms with E-state index in [0.717, 1.165) is 22.7 Å². The number of carbonyl (C=O) groups excluding carboxylic acids is 2. The van der Waals surface area contributed by atoms with Gasteiger partial charge in [0, 0.05) is 28.2 Å². The highest BCUT2D eigenvalue weighted by atomic mass is 32.1. The lowest BCUT2D eigenvalue weighted by Gasteiger charge is -2.07. The molecular weight excluding hydrogens is 298 g/mol. The molecule has 114 valence electrons. The Morgan fingerprint density at radius 3 is 2.86 bits per heavy atom. The van der Waals surface area contributed by atoms with Gasteiger partial charge in [0.1, 0.15) is 0 Å². The second kappa shape index (κ2) is 6.27. The standard InChI is InChI=1S/C16H17N3O2S/c1-10-17-8-14(22-10)9-18-15(20)12-3-2-4-13(7-12)19-16(21)11-5-6-11/h2-4,7-8,11H,5-6,9H2,1H3,(H,18,20)(H,19,21). The maximum atomic E-state index is 12.2. The predicted octanol–water partition coefficient (Wildman–Crippen LogP) is 2.73. The minimum Gasteiger partial charge on any atom is -0.347 e. The molecule has 0 bridgehead atoms. The topological polar surface area (TPSA) is 71.1 Å². The summed E-state index contributed by atoms with van der Waals surface area (Å²) >= 11 is 1.56. The van der Waals surface area contributed by atoms with Gasteiger partial charge < -0.3 is 10.6 Å². The van der Waals surface area contributed by atoms with Crippen molar-refractivity contribution in [1.82, 2.24) is 10.3 Å². The van der Waals surface area contributed by atoms with Crippen molar-refractivity contribution in [3.63, 3.8) is 0 Å². The average molecular weight is 315 g/mol. The number of amides is 2. The summed E-state index contributed by atoms with van der Waals surface area (Å²) in [5, 5.41) is 6.69. The van der Waals surface area contributed by atoms with E-state index in [1.807, 2.05) is 6.92 Å². The second-order valence-corrected chi connectivity index (χ2v) is 6.69. The van der Waals surface area contributed by atoms with Gasteiger partial charge in [0.25, 0.3) is 5.91 Å². The van der Waals surface area contributed by atoms with Crippen LogP contribution in [0.5, 0.6) is 0 Å². The van der Waals surface area contributed by atoms with Crippen LogP contribution in [-0.4, -0.2) is 16.8 Å². The Morgan fingerprint density at radius 2 is 2.18 bits per heavy atom. The highest BCUT2D eigenvalue weighted by molar-refractivity contribution is 7.11. The first-order valence-corrected chi connectivity index (χ1v) is 8.04.